The second-order valence-corrected chi connectivity index (χ2v) is 6.15. The van der Waals surface area contributed by atoms with Gasteiger partial charge in [-0.1, -0.05) is 19.1 Å². The molecule has 1 aromatic carbocycles. The number of aliphatic hydroxyl groups is 1. The van der Waals surface area contributed by atoms with Crippen LogP contribution in [0.15, 0.2) is 24.3 Å². The lowest BCUT2D eigenvalue weighted by Crippen LogP contribution is -2.36. The molecule has 0 saturated carbocycles. The number of benzene rings is 1. The van der Waals surface area contributed by atoms with Crippen LogP contribution in [0, 0.1) is 5.92 Å². The second kappa shape index (κ2) is 8.37. The van der Waals surface area contributed by atoms with Gasteiger partial charge in [-0.05, 0) is 56.0 Å². The first-order valence-corrected chi connectivity index (χ1v) is 7.99. The molecule has 3 N–H and O–H groups in total. The van der Waals surface area contributed by atoms with Gasteiger partial charge in [-0.3, -0.25) is 0 Å². The van der Waals surface area contributed by atoms with Crippen LogP contribution < -0.4 is 10.5 Å². The van der Waals surface area contributed by atoms with Crippen LogP contribution in [0.2, 0.25) is 0 Å². The van der Waals surface area contributed by atoms with Crippen LogP contribution in [0.1, 0.15) is 31.7 Å². The van der Waals surface area contributed by atoms with Gasteiger partial charge in [0, 0.05) is 13.1 Å². The molecule has 21 heavy (non-hydrogen) atoms. The Bertz CT molecular complexity index is 408. The van der Waals surface area contributed by atoms with Crippen molar-refractivity contribution in [2.45, 2.75) is 38.8 Å². The zero-order valence-electron chi connectivity index (χ0n) is 13.0. The average molecular weight is 292 g/mol. The Kier molecular flexibility index (Phi) is 6.49. The minimum Gasteiger partial charge on any atom is -0.491 e. The molecule has 1 fully saturated rings. The molecule has 1 aliphatic heterocycles. The summed E-state index contributed by atoms with van der Waals surface area (Å²) in [6.07, 6.45) is 3.33. The fourth-order valence-corrected chi connectivity index (χ4v) is 2.77. The van der Waals surface area contributed by atoms with Crippen LogP contribution in [-0.4, -0.2) is 42.4 Å². The maximum Gasteiger partial charge on any atom is 0.119 e. The number of rotatable bonds is 6. The van der Waals surface area contributed by atoms with Crippen molar-refractivity contribution in [3.8, 4) is 5.75 Å². The molecule has 0 bridgehead atoms. The molecule has 4 nitrogen and oxygen atoms in total. The number of nitrogens with zero attached hydrogens (tertiary/aromatic N) is 1. The normalized spacial score (nSPS) is 21.8. The molecule has 1 aliphatic rings. The van der Waals surface area contributed by atoms with Crippen molar-refractivity contribution in [3.63, 3.8) is 0 Å². The van der Waals surface area contributed by atoms with E-state index in [2.05, 4.69) is 11.8 Å². The topological polar surface area (TPSA) is 58.7 Å². The number of nitrogens with two attached hydrogens (primary N) is 1. The molecule has 2 atom stereocenters. The standard InChI is InChI=1S/C17H28N2O2/c1-14-3-2-9-19(10-8-14)12-16(20)13-21-17-6-4-15(11-18)5-7-17/h4-7,14,16,20H,2-3,8-13,18H2,1H3. The number of ether oxygens (including phenoxy) is 1. The zero-order chi connectivity index (χ0) is 15.1. The van der Waals surface area contributed by atoms with Gasteiger partial charge in [-0.2, -0.15) is 0 Å². The van der Waals surface area contributed by atoms with Crippen LogP contribution in [-0.2, 0) is 6.54 Å². The number of likely N-dealkylation sites (tertiary alicyclic amines) is 1. The third kappa shape index (κ3) is 5.65. The number of hydrogen-bond acceptors (Lipinski definition) is 4. The molecule has 118 valence electrons. The molecule has 2 rings (SSSR count). The van der Waals surface area contributed by atoms with Gasteiger partial charge in [-0.15, -0.1) is 0 Å². The first-order chi connectivity index (χ1) is 10.2. The van der Waals surface area contributed by atoms with Gasteiger partial charge in [0.1, 0.15) is 18.5 Å². The highest BCUT2D eigenvalue weighted by molar-refractivity contribution is 5.27. The van der Waals surface area contributed by atoms with Crippen molar-refractivity contribution in [1.82, 2.24) is 4.90 Å². The highest BCUT2D eigenvalue weighted by atomic mass is 16.5. The van der Waals surface area contributed by atoms with Crippen molar-refractivity contribution in [2.24, 2.45) is 11.7 Å². The van der Waals surface area contributed by atoms with Crippen LogP contribution in [0.4, 0.5) is 0 Å². The van der Waals surface area contributed by atoms with E-state index in [4.69, 9.17) is 10.5 Å². The Labute approximate surface area is 127 Å². The van der Waals surface area contributed by atoms with Crippen molar-refractivity contribution in [3.05, 3.63) is 29.8 Å². The minimum absolute atomic E-state index is 0.341. The number of aliphatic hydroxyl groups excluding tert-OH is 1. The van der Waals surface area contributed by atoms with Crippen LogP contribution in [0.25, 0.3) is 0 Å². The van der Waals surface area contributed by atoms with E-state index in [1.807, 2.05) is 24.3 Å². The van der Waals surface area contributed by atoms with Crippen molar-refractivity contribution in [1.29, 1.82) is 0 Å². The molecule has 0 aliphatic carbocycles. The van der Waals surface area contributed by atoms with Crippen LogP contribution >= 0.6 is 0 Å². The van der Waals surface area contributed by atoms with E-state index in [1.54, 1.807) is 0 Å². The Balaban J connectivity index is 1.72. The summed E-state index contributed by atoms with van der Waals surface area (Å²) in [5, 5.41) is 10.1. The summed E-state index contributed by atoms with van der Waals surface area (Å²) >= 11 is 0. The summed E-state index contributed by atoms with van der Waals surface area (Å²) < 4.78 is 5.64. The van der Waals surface area contributed by atoms with Gasteiger partial charge in [0.05, 0.1) is 0 Å². The Morgan fingerprint density at radius 1 is 1.29 bits per heavy atom. The Morgan fingerprint density at radius 2 is 2.05 bits per heavy atom. The van der Waals surface area contributed by atoms with Gasteiger partial charge in [0.25, 0.3) is 0 Å². The summed E-state index contributed by atoms with van der Waals surface area (Å²) in [4.78, 5) is 2.36. The molecule has 0 radical (unpaired) electrons. The smallest absolute Gasteiger partial charge is 0.119 e. The Morgan fingerprint density at radius 3 is 2.76 bits per heavy atom. The third-order valence-electron chi connectivity index (χ3n) is 4.18. The first kappa shape index (κ1) is 16.3. The third-order valence-corrected chi connectivity index (χ3v) is 4.18. The average Bonchev–Trinajstić information content (AvgIpc) is 2.70. The molecule has 1 heterocycles. The van der Waals surface area contributed by atoms with Crippen LogP contribution in [0.3, 0.4) is 0 Å². The zero-order valence-corrected chi connectivity index (χ0v) is 13.0. The summed E-state index contributed by atoms with van der Waals surface area (Å²) in [7, 11) is 0. The SMILES string of the molecule is CC1CCCN(CC(O)COc2ccc(CN)cc2)CC1. The molecule has 4 heteroatoms. The van der Waals surface area contributed by atoms with Gasteiger partial charge >= 0.3 is 0 Å². The maximum atomic E-state index is 10.1. The lowest BCUT2D eigenvalue weighted by molar-refractivity contribution is 0.0691. The van der Waals surface area contributed by atoms with Gasteiger partial charge < -0.3 is 20.5 Å². The van der Waals surface area contributed by atoms with E-state index in [0.717, 1.165) is 30.3 Å². The molecule has 0 amide bonds. The minimum atomic E-state index is -0.437. The largest absolute Gasteiger partial charge is 0.491 e. The number of β-amino-alcohol motifs (C(OH)–C–C–N with tert-alkyl or cyclic N) is 1. The highest BCUT2D eigenvalue weighted by Gasteiger charge is 2.17. The molecular formula is C17H28N2O2. The molecule has 1 aromatic rings. The lowest BCUT2D eigenvalue weighted by atomic mass is 10.0. The fraction of sp³-hybridized carbons (Fsp3) is 0.647. The van der Waals surface area contributed by atoms with Gasteiger partial charge in [0.15, 0.2) is 0 Å². The molecule has 0 aromatic heterocycles. The summed E-state index contributed by atoms with van der Waals surface area (Å²) in [6, 6.07) is 7.72. The summed E-state index contributed by atoms with van der Waals surface area (Å²) in [6.45, 7) is 6.07. The predicted molar refractivity (Wildman–Crippen MR) is 85.3 cm³/mol. The second-order valence-electron chi connectivity index (χ2n) is 6.15. The molecule has 2 unspecified atom stereocenters. The van der Waals surface area contributed by atoms with Crippen molar-refractivity contribution in [2.75, 3.05) is 26.2 Å². The van der Waals surface area contributed by atoms with E-state index in [0.29, 0.717) is 19.7 Å². The van der Waals surface area contributed by atoms with E-state index < -0.39 is 6.10 Å². The van der Waals surface area contributed by atoms with Crippen molar-refractivity contribution < 1.29 is 9.84 Å². The Hall–Kier alpha value is -1.10. The van der Waals surface area contributed by atoms with Gasteiger partial charge in [0.2, 0.25) is 0 Å². The highest BCUT2D eigenvalue weighted by Crippen LogP contribution is 2.17. The fourth-order valence-electron chi connectivity index (χ4n) is 2.77. The predicted octanol–water partition coefficient (Wildman–Crippen LogP) is 2.01. The first-order valence-electron chi connectivity index (χ1n) is 7.99. The lowest BCUT2D eigenvalue weighted by Gasteiger charge is -2.23. The monoisotopic (exact) mass is 292 g/mol. The van der Waals surface area contributed by atoms with Gasteiger partial charge in [-0.25, -0.2) is 0 Å². The van der Waals surface area contributed by atoms with Crippen molar-refractivity contribution >= 4 is 0 Å². The maximum absolute atomic E-state index is 10.1. The molecule has 1 saturated heterocycles. The summed E-state index contributed by atoms with van der Waals surface area (Å²) in [5.41, 5.74) is 6.65. The summed E-state index contributed by atoms with van der Waals surface area (Å²) in [5.74, 6) is 1.60. The van der Waals surface area contributed by atoms with Crippen LogP contribution in [0.5, 0.6) is 5.75 Å². The number of hydrogen-bond donors (Lipinski definition) is 2. The molecular weight excluding hydrogens is 264 g/mol. The molecule has 0 spiro atoms. The van der Waals surface area contributed by atoms with E-state index >= 15 is 0 Å². The van der Waals surface area contributed by atoms with E-state index in [-0.39, 0.29) is 0 Å². The van der Waals surface area contributed by atoms with E-state index in [9.17, 15) is 5.11 Å². The van der Waals surface area contributed by atoms with E-state index in [1.165, 1.54) is 19.3 Å². The quantitative estimate of drug-likeness (QED) is 0.842.